The van der Waals surface area contributed by atoms with Crippen LogP contribution in [0.4, 0.5) is 4.39 Å². The van der Waals surface area contributed by atoms with E-state index in [1.54, 1.807) is 25.3 Å². The van der Waals surface area contributed by atoms with Gasteiger partial charge < -0.3 is 10.6 Å². The van der Waals surface area contributed by atoms with Crippen LogP contribution < -0.4 is 10.6 Å². The van der Waals surface area contributed by atoms with Gasteiger partial charge in [-0.2, -0.15) is 5.10 Å². The first-order valence-corrected chi connectivity index (χ1v) is 6.82. The summed E-state index contributed by atoms with van der Waals surface area (Å²) in [6.07, 6.45) is 1.77. The van der Waals surface area contributed by atoms with Crippen molar-refractivity contribution in [3.8, 4) is 0 Å². The van der Waals surface area contributed by atoms with Gasteiger partial charge in [0.25, 0.3) is 5.91 Å². The van der Waals surface area contributed by atoms with Crippen molar-refractivity contribution in [2.45, 2.75) is 20.4 Å². The fourth-order valence-corrected chi connectivity index (χ4v) is 1.88. The lowest BCUT2D eigenvalue weighted by Crippen LogP contribution is -2.31. The van der Waals surface area contributed by atoms with Gasteiger partial charge in [-0.3, -0.25) is 9.89 Å². The van der Waals surface area contributed by atoms with Gasteiger partial charge in [-0.05, 0) is 31.5 Å². The third-order valence-electron chi connectivity index (χ3n) is 3.27. The number of benzene rings is 1. The lowest BCUT2D eigenvalue weighted by Gasteiger charge is -2.07. The summed E-state index contributed by atoms with van der Waals surface area (Å²) >= 11 is 0. The zero-order chi connectivity index (χ0) is 15.2. The highest BCUT2D eigenvalue weighted by molar-refractivity contribution is 5.94. The fourth-order valence-electron chi connectivity index (χ4n) is 1.88. The van der Waals surface area contributed by atoms with E-state index in [2.05, 4.69) is 20.8 Å². The molecule has 2 aromatic rings. The van der Waals surface area contributed by atoms with Gasteiger partial charge in [-0.15, -0.1) is 0 Å². The Bertz CT molecular complexity index is 624. The van der Waals surface area contributed by atoms with Crippen molar-refractivity contribution in [3.05, 3.63) is 52.6 Å². The van der Waals surface area contributed by atoms with Crippen molar-refractivity contribution in [3.63, 3.8) is 0 Å². The molecule has 0 aliphatic rings. The van der Waals surface area contributed by atoms with Gasteiger partial charge in [0.1, 0.15) is 5.82 Å². The van der Waals surface area contributed by atoms with E-state index in [0.717, 1.165) is 11.3 Å². The van der Waals surface area contributed by atoms with Crippen molar-refractivity contribution in [1.82, 2.24) is 20.8 Å². The van der Waals surface area contributed by atoms with E-state index in [1.807, 2.05) is 6.92 Å². The summed E-state index contributed by atoms with van der Waals surface area (Å²) in [4.78, 5) is 11.8. The number of hydrogen-bond acceptors (Lipinski definition) is 3. The summed E-state index contributed by atoms with van der Waals surface area (Å²) in [5.41, 5.74) is 3.00. The van der Waals surface area contributed by atoms with E-state index in [9.17, 15) is 9.18 Å². The maximum absolute atomic E-state index is 13.4. The molecule has 0 saturated heterocycles. The first kappa shape index (κ1) is 15.2. The number of nitrogens with one attached hydrogen (secondary N) is 3. The summed E-state index contributed by atoms with van der Waals surface area (Å²) < 4.78 is 13.4. The third kappa shape index (κ3) is 4.13. The fraction of sp³-hybridized carbons (Fsp3) is 0.333. The summed E-state index contributed by atoms with van der Waals surface area (Å²) in [6.45, 7) is 5.42. The summed E-state index contributed by atoms with van der Waals surface area (Å²) in [5, 5.41) is 12.8. The number of carbonyl (C=O) groups is 1. The second-order valence-electron chi connectivity index (χ2n) is 4.92. The van der Waals surface area contributed by atoms with Crippen LogP contribution in [0.2, 0.25) is 0 Å². The van der Waals surface area contributed by atoms with Gasteiger partial charge in [0, 0.05) is 36.5 Å². The lowest BCUT2D eigenvalue weighted by atomic mass is 10.1. The van der Waals surface area contributed by atoms with Crippen LogP contribution in [0.15, 0.2) is 24.4 Å². The predicted molar refractivity (Wildman–Crippen MR) is 78.5 cm³/mol. The topological polar surface area (TPSA) is 69.8 Å². The molecule has 0 atom stereocenters. The van der Waals surface area contributed by atoms with Gasteiger partial charge in [0.05, 0.1) is 6.20 Å². The zero-order valence-corrected chi connectivity index (χ0v) is 12.2. The van der Waals surface area contributed by atoms with Crippen LogP contribution in [0.25, 0.3) is 0 Å². The number of nitrogens with zero attached hydrogens (tertiary/aromatic N) is 1. The number of rotatable bonds is 6. The molecule has 2 rings (SSSR count). The van der Waals surface area contributed by atoms with Gasteiger partial charge in [-0.25, -0.2) is 4.39 Å². The second kappa shape index (κ2) is 6.99. The van der Waals surface area contributed by atoms with Crippen LogP contribution in [0.3, 0.4) is 0 Å². The Morgan fingerprint density at radius 3 is 2.81 bits per heavy atom. The molecule has 21 heavy (non-hydrogen) atoms. The number of carbonyl (C=O) groups excluding carboxylic acids is 1. The first-order chi connectivity index (χ1) is 10.1. The van der Waals surface area contributed by atoms with Crippen molar-refractivity contribution < 1.29 is 9.18 Å². The molecule has 0 bridgehead atoms. The highest BCUT2D eigenvalue weighted by Crippen LogP contribution is 2.08. The Hall–Kier alpha value is -2.21. The maximum Gasteiger partial charge on any atom is 0.251 e. The molecule has 0 spiro atoms. The van der Waals surface area contributed by atoms with Crippen molar-refractivity contribution >= 4 is 5.91 Å². The summed E-state index contributed by atoms with van der Waals surface area (Å²) in [5.74, 6) is -0.633. The monoisotopic (exact) mass is 290 g/mol. The second-order valence-corrected chi connectivity index (χ2v) is 4.92. The Labute approximate surface area is 123 Å². The minimum absolute atomic E-state index is 0.268. The molecule has 3 N–H and O–H groups in total. The van der Waals surface area contributed by atoms with Crippen LogP contribution in [-0.4, -0.2) is 29.2 Å². The lowest BCUT2D eigenvalue weighted by molar-refractivity contribution is 0.0953. The Morgan fingerprint density at radius 2 is 2.14 bits per heavy atom. The Morgan fingerprint density at radius 1 is 1.33 bits per heavy atom. The molecular weight excluding hydrogens is 271 g/mol. The SMILES string of the molecule is Cc1ccc(C(=O)NCCNCc2cn[nH]c2C)cc1F. The molecule has 1 aromatic heterocycles. The number of aromatic nitrogens is 2. The van der Waals surface area contributed by atoms with Gasteiger partial charge in [-0.1, -0.05) is 6.07 Å². The molecule has 0 radical (unpaired) electrons. The van der Waals surface area contributed by atoms with Gasteiger partial charge in [0.2, 0.25) is 0 Å². The normalized spacial score (nSPS) is 10.6. The Kier molecular flexibility index (Phi) is 5.05. The van der Waals surface area contributed by atoms with Crippen LogP contribution in [0, 0.1) is 19.7 Å². The molecule has 1 amide bonds. The van der Waals surface area contributed by atoms with E-state index in [-0.39, 0.29) is 11.7 Å². The quantitative estimate of drug-likeness (QED) is 0.709. The average Bonchev–Trinajstić information content (AvgIpc) is 2.87. The highest BCUT2D eigenvalue weighted by Gasteiger charge is 2.07. The number of hydrogen-bond donors (Lipinski definition) is 3. The smallest absolute Gasteiger partial charge is 0.251 e. The van der Waals surface area contributed by atoms with Crippen LogP contribution in [-0.2, 0) is 6.54 Å². The standard InChI is InChI=1S/C15H19FN4O/c1-10-3-4-12(7-14(10)16)15(21)18-6-5-17-8-13-9-19-20-11(13)2/h3-4,7,9,17H,5-6,8H2,1-2H3,(H,18,21)(H,19,20). The van der Waals surface area contributed by atoms with Crippen LogP contribution >= 0.6 is 0 Å². The summed E-state index contributed by atoms with van der Waals surface area (Å²) in [6, 6.07) is 4.48. The first-order valence-electron chi connectivity index (χ1n) is 6.82. The van der Waals surface area contributed by atoms with Gasteiger partial charge in [0.15, 0.2) is 0 Å². The number of amides is 1. The molecular formula is C15H19FN4O. The number of aryl methyl sites for hydroxylation is 2. The average molecular weight is 290 g/mol. The largest absolute Gasteiger partial charge is 0.351 e. The van der Waals surface area contributed by atoms with Crippen molar-refractivity contribution in [2.24, 2.45) is 0 Å². The maximum atomic E-state index is 13.4. The van der Waals surface area contributed by atoms with E-state index in [4.69, 9.17) is 0 Å². The van der Waals surface area contributed by atoms with E-state index in [1.165, 1.54) is 6.07 Å². The molecule has 0 aliphatic carbocycles. The summed E-state index contributed by atoms with van der Waals surface area (Å²) in [7, 11) is 0. The molecule has 1 aromatic carbocycles. The van der Waals surface area contributed by atoms with Crippen LogP contribution in [0.1, 0.15) is 27.2 Å². The van der Waals surface area contributed by atoms with E-state index < -0.39 is 0 Å². The molecule has 0 saturated carbocycles. The van der Waals surface area contributed by atoms with E-state index >= 15 is 0 Å². The van der Waals surface area contributed by atoms with Crippen LogP contribution in [0.5, 0.6) is 0 Å². The predicted octanol–water partition coefficient (Wildman–Crippen LogP) is 1.69. The number of H-pyrrole nitrogens is 1. The molecule has 112 valence electrons. The molecule has 1 heterocycles. The molecule has 0 unspecified atom stereocenters. The Balaban J connectivity index is 1.72. The van der Waals surface area contributed by atoms with Crippen molar-refractivity contribution in [2.75, 3.05) is 13.1 Å². The molecule has 5 nitrogen and oxygen atoms in total. The third-order valence-corrected chi connectivity index (χ3v) is 3.27. The number of aromatic amines is 1. The molecule has 0 fully saturated rings. The minimum atomic E-state index is -0.365. The minimum Gasteiger partial charge on any atom is -0.351 e. The van der Waals surface area contributed by atoms with Gasteiger partial charge >= 0.3 is 0 Å². The highest BCUT2D eigenvalue weighted by atomic mass is 19.1. The number of halogens is 1. The van der Waals surface area contributed by atoms with E-state index in [0.29, 0.717) is 30.8 Å². The van der Waals surface area contributed by atoms with Crippen molar-refractivity contribution in [1.29, 1.82) is 0 Å². The zero-order valence-electron chi connectivity index (χ0n) is 12.2. The molecule has 0 aliphatic heterocycles. The molecule has 6 heteroatoms.